The van der Waals surface area contributed by atoms with Gasteiger partial charge in [0, 0.05) is 90.2 Å². The van der Waals surface area contributed by atoms with Crippen molar-refractivity contribution in [1.29, 1.82) is 0 Å². The summed E-state index contributed by atoms with van der Waals surface area (Å²) < 4.78 is 31.3. The van der Waals surface area contributed by atoms with Gasteiger partial charge in [-0.15, -0.1) is 0 Å². The number of piperidine rings is 1. The quantitative estimate of drug-likeness (QED) is 0.116. The molecule has 510 valence electrons. The van der Waals surface area contributed by atoms with Crippen LogP contribution >= 0.6 is 23.5 Å². The third kappa shape index (κ3) is 155. The maximum atomic E-state index is 10.6. The van der Waals surface area contributed by atoms with Crippen LogP contribution in [0.3, 0.4) is 0 Å². The van der Waals surface area contributed by atoms with Gasteiger partial charge < -0.3 is 52.0 Å². The van der Waals surface area contributed by atoms with E-state index in [1.165, 1.54) is 146 Å². The van der Waals surface area contributed by atoms with Crippen molar-refractivity contribution in [2.75, 3.05) is 166 Å². The van der Waals surface area contributed by atoms with Gasteiger partial charge in [-0.25, -0.2) is 8.42 Å². The summed E-state index contributed by atoms with van der Waals surface area (Å²) in [5.74, 6) is 6.07. The number of piperazine rings is 1. The van der Waals surface area contributed by atoms with Gasteiger partial charge >= 0.3 is 0 Å². The van der Waals surface area contributed by atoms with Crippen molar-refractivity contribution in [3.8, 4) is 0 Å². The smallest absolute Gasteiger partial charge is 0.152 e. The number of sulfone groups is 1. The van der Waals surface area contributed by atoms with Gasteiger partial charge in [-0.1, -0.05) is 198 Å². The first-order valence-corrected chi connectivity index (χ1v) is 34.0. The fourth-order valence-corrected chi connectivity index (χ4v) is 8.04. The van der Waals surface area contributed by atoms with Gasteiger partial charge in [0.1, 0.15) is 0 Å². The van der Waals surface area contributed by atoms with Crippen LogP contribution < -0.4 is 42.5 Å². The lowest BCUT2D eigenvalue weighted by molar-refractivity contribution is 0.0968. The number of hydrogen-bond acceptors (Lipinski definition) is 14. The summed E-state index contributed by atoms with van der Waals surface area (Å²) in [7, 11) is -2.65. The molecule has 9 saturated heterocycles. The third-order valence-electron chi connectivity index (χ3n) is 8.61. The molecule has 12 nitrogen and oxygen atoms in total. The zero-order valence-electron chi connectivity index (χ0n) is 51.0. The van der Waals surface area contributed by atoms with E-state index in [9.17, 15) is 8.42 Å². The lowest BCUT2D eigenvalue weighted by Gasteiger charge is -2.11. The Morgan fingerprint density at radius 2 is 0.468 bits per heavy atom. The second-order valence-corrected chi connectivity index (χ2v) is 18.2. The lowest BCUT2D eigenvalue weighted by Crippen LogP contribution is -2.39. The molecule has 0 saturated carbocycles. The highest BCUT2D eigenvalue weighted by Crippen LogP contribution is 2.14. The highest BCUT2D eigenvalue weighted by molar-refractivity contribution is 7.99. The predicted molar refractivity (Wildman–Crippen MR) is 391 cm³/mol. The summed E-state index contributed by atoms with van der Waals surface area (Å²) in [6, 6.07) is 0. The van der Waals surface area contributed by atoms with Crippen molar-refractivity contribution in [2.24, 2.45) is 0 Å². The molecule has 8 N–H and O–H groups in total. The Labute approximate surface area is 518 Å². The number of thioether (sulfide) groups is 2. The molecule has 0 unspecified atom stereocenters. The summed E-state index contributed by atoms with van der Waals surface area (Å²) >= 11 is 4.11. The van der Waals surface area contributed by atoms with Crippen LogP contribution in [-0.2, 0) is 19.3 Å². The Morgan fingerprint density at radius 3 is 0.582 bits per heavy atom. The van der Waals surface area contributed by atoms with Crippen molar-refractivity contribution >= 4 is 33.4 Å². The fraction of sp³-hybridized carbons (Fsp3) is 1.00. The van der Waals surface area contributed by atoms with Crippen LogP contribution in [0.4, 0.5) is 0 Å². The normalized spacial score (nSPS) is 16.8. The molecular weight excluding hydrogens is 1040 g/mol. The van der Waals surface area contributed by atoms with Gasteiger partial charge in [-0.3, -0.25) is 0 Å². The van der Waals surface area contributed by atoms with E-state index in [1.54, 1.807) is 0 Å². The van der Waals surface area contributed by atoms with E-state index < -0.39 is 9.84 Å². The molecule has 0 aromatic heterocycles. The van der Waals surface area contributed by atoms with Crippen molar-refractivity contribution in [3.05, 3.63) is 0 Å². The topological polar surface area (TPSA) is 149 Å². The Kier molecular flexibility index (Phi) is 250. The predicted octanol–water partition coefficient (Wildman–Crippen LogP) is 16.9. The number of hydrogen-bond donors (Lipinski definition) is 8. The minimum Gasteiger partial charge on any atom is -0.381 e. The van der Waals surface area contributed by atoms with Crippen LogP contribution in [0, 0.1) is 0 Å². The molecule has 9 aliphatic heterocycles. The van der Waals surface area contributed by atoms with Gasteiger partial charge in [-0.2, -0.15) is 23.5 Å². The second-order valence-electron chi connectivity index (χ2n) is 13.5. The Morgan fingerprint density at radius 1 is 0.241 bits per heavy atom. The SMILES string of the molecule is C.C.C.C.C.C.C.C.C.C1CCNC1.C1CCNCC1.C1CCOCC1.C1CCSC1.C1CNC1.C1CNCCN1.C1COCCN1.C1CSCCN1.CC.CC.CC.CC.CC.CC.CC.CC.CC.O=S1(=O)CCNCC1. The molecule has 9 fully saturated rings. The molecule has 0 atom stereocenters. The van der Waals surface area contributed by atoms with E-state index in [1.807, 2.05) is 136 Å². The van der Waals surface area contributed by atoms with Gasteiger partial charge in [0.05, 0.1) is 24.7 Å². The molecule has 9 heterocycles. The van der Waals surface area contributed by atoms with E-state index in [-0.39, 0.29) is 66.8 Å². The standard InChI is InChI=1S/C5H11N.C5H10O.C4H10N2.C4H9NO2S.C4H9NO.C4H9NS.C4H9N.C4H8S.C3H7N.9C2H6.9CH4/c2*1-2-4-6-5-3-1;1-2-6-4-3-5-1;6-8(7)3-1-5-2-4-8;2*1-3-6-4-2-5-1;2*1-2-4-5-3-1;1-2-4-3-1;9*1-2;;;;;;;;;/h6H,1-5H2;1-5H2;5-6H,1-4H2;5H,1-4H2;2*5H,1-4H2;5H,1-4H2;1-4H2;4H,1-3H2;9*1-2H3;9*1H4. The van der Waals surface area contributed by atoms with Crippen LogP contribution in [0.1, 0.15) is 262 Å². The first-order chi connectivity index (χ1) is 34.7. The molecule has 0 aromatic rings. The fourth-order valence-electron chi connectivity index (χ4n) is 5.12. The van der Waals surface area contributed by atoms with Crippen molar-refractivity contribution in [1.82, 2.24) is 42.5 Å². The molecule has 0 aromatic carbocycles. The minimum absolute atomic E-state index is 0. The molecule has 9 rings (SSSR count). The van der Waals surface area contributed by atoms with Crippen LogP contribution in [0.25, 0.3) is 0 Å². The van der Waals surface area contributed by atoms with Crippen LogP contribution in [0.5, 0.6) is 0 Å². The van der Waals surface area contributed by atoms with Crippen molar-refractivity contribution < 1.29 is 17.9 Å². The average molecular weight is 1210 g/mol. The summed E-state index contributed by atoms with van der Waals surface area (Å²) in [4.78, 5) is 0. The van der Waals surface area contributed by atoms with E-state index in [0.717, 1.165) is 65.7 Å². The Hall–Kier alpha value is 0.250. The van der Waals surface area contributed by atoms with Crippen LogP contribution in [0.2, 0.25) is 0 Å². The molecule has 9 aliphatic rings. The molecule has 0 amide bonds. The van der Waals surface area contributed by atoms with Gasteiger partial charge in [0.2, 0.25) is 0 Å². The summed E-state index contributed by atoms with van der Waals surface area (Å²) in [6.07, 6.45) is 15.2. The highest BCUT2D eigenvalue weighted by atomic mass is 32.2. The molecule has 0 bridgehead atoms. The van der Waals surface area contributed by atoms with E-state index in [0.29, 0.717) is 24.6 Å². The average Bonchev–Trinajstić information content (AvgIpc) is 4.29. The summed E-state index contributed by atoms with van der Waals surface area (Å²) in [6.45, 7) is 57.6. The zero-order chi connectivity index (χ0) is 55.1. The van der Waals surface area contributed by atoms with Gasteiger partial charge in [-0.05, 0) is 115 Å². The Bertz CT molecular complexity index is 619. The second kappa shape index (κ2) is 153. The molecule has 15 heteroatoms. The van der Waals surface area contributed by atoms with Gasteiger partial charge in [0.25, 0.3) is 0 Å². The van der Waals surface area contributed by atoms with E-state index in [4.69, 9.17) is 9.47 Å². The van der Waals surface area contributed by atoms with E-state index in [2.05, 4.69) is 54.3 Å². The number of nitrogens with one attached hydrogen (secondary N) is 8. The van der Waals surface area contributed by atoms with Crippen molar-refractivity contribution in [2.45, 2.75) is 262 Å². The number of morpholine rings is 1. The monoisotopic (exact) mass is 1210 g/mol. The van der Waals surface area contributed by atoms with E-state index >= 15 is 0 Å². The largest absolute Gasteiger partial charge is 0.381 e. The molecular formula is C64H172N8O4S3. The highest BCUT2D eigenvalue weighted by Gasteiger charge is 2.13. The van der Waals surface area contributed by atoms with Crippen molar-refractivity contribution in [3.63, 3.8) is 0 Å². The zero-order valence-corrected chi connectivity index (χ0v) is 53.5. The number of rotatable bonds is 0. The van der Waals surface area contributed by atoms with Crippen LogP contribution in [0.15, 0.2) is 0 Å². The Balaban J connectivity index is -0.0000000316. The summed E-state index contributed by atoms with van der Waals surface area (Å²) in [5, 5.41) is 25.4. The first kappa shape index (κ1) is 129. The van der Waals surface area contributed by atoms with Gasteiger partial charge in [0.15, 0.2) is 9.84 Å². The molecule has 79 heavy (non-hydrogen) atoms. The molecule has 0 spiro atoms. The molecule has 0 radical (unpaired) electrons. The lowest BCUT2D eigenvalue weighted by atomic mass is 10.2. The molecule has 0 aliphatic carbocycles. The maximum Gasteiger partial charge on any atom is 0.152 e. The minimum atomic E-state index is -2.65. The third-order valence-corrected chi connectivity index (χ3v) is 12.4. The first-order valence-electron chi connectivity index (χ1n) is 29.9. The number of ether oxygens (including phenoxy) is 2. The summed E-state index contributed by atoms with van der Waals surface area (Å²) in [5.41, 5.74) is 0. The van der Waals surface area contributed by atoms with Crippen LogP contribution in [-0.4, -0.2) is 174 Å². The maximum absolute atomic E-state index is 10.6.